The van der Waals surface area contributed by atoms with E-state index in [1.54, 1.807) is 0 Å². The Morgan fingerprint density at radius 3 is 1.75 bits per heavy atom. The average Bonchev–Trinajstić information content (AvgIpc) is 2.86. The van der Waals surface area contributed by atoms with Crippen LogP contribution in [0.4, 0.5) is 0 Å². The van der Waals surface area contributed by atoms with Gasteiger partial charge in [0.05, 0.1) is 5.92 Å². The van der Waals surface area contributed by atoms with E-state index in [0.717, 1.165) is 49.0 Å². The Labute approximate surface area is 190 Å². The van der Waals surface area contributed by atoms with Crippen LogP contribution in [0.5, 0.6) is 0 Å². The molecule has 1 atom stereocenters. The van der Waals surface area contributed by atoms with Crippen LogP contribution in [0, 0.1) is 0 Å². The number of nitrogens with zero attached hydrogens (tertiary/aromatic N) is 1. The molecular weight excluding hydrogens is 396 g/mol. The first kappa shape index (κ1) is 21.8. The number of piperidine rings is 1. The summed E-state index contributed by atoms with van der Waals surface area (Å²) in [5, 5.41) is 3.13. The summed E-state index contributed by atoms with van der Waals surface area (Å²) in [5.41, 5.74) is 2.87. The first-order chi connectivity index (χ1) is 15.7. The third kappa shape index (κ3) is 5.44. The standard InChI is InChI=1S/C28H30N2O2/c31-27(26(23-15-7-2-8-16-23)24-17-9-3-10-18-24)29-25(21-22-13-5-1-6-14-22)28(32)30-19-11-4-12-20-30/h1-3,5-10,13-18,25-26H,4,11-12,19-21H2,(H,29,31)/t25-/m0/s1. The smallest absolute Gasteiger partial charge is 0.245 e. The van der Waals surface area contributed by atoms with E-state index >= 15 is 0 Å². The van der Waals surface area contributed by atoms with Crippen LogP contribution in [-0.4, -0.2) is 35.8 Å². The second kappa shape index (κ2) is 10.8. The highest BCUT2D eigenvalue weighted by Gasteiger charge is 2.31. The molecule has 1 N–H and O–H groups in total. The highest BCUT2D eigenvalue weighted by molar-refractivity contribution is 5.92. The number of hydrogen-bond donors (Lipinski definition) is 1. The third-order valence-electron chi connectivity index (χ3n) is 6.09. The van der Waals surface area contributed by atoms with Crippen molar-refractivity contribution in [2.45, 2.75) is 37.6 Å². The fourth-order valence-corrected chi connectivity index (χ4v) is 4.43. The summed E-state index contributed by atoms with van der Waals surface area (Å²) in [6.45, 7) is 1.53. The molecule has 3 aromatic carbocycles. The summed E-state index contributed by atoms with van der Waals surface area (Å²) in [4.78, 5) is 29.0. The van der Waals surface area contributed by atoms with Crippen molar-refractivity contribution >= 4 is 11.8 Å². The average molecular weight is 427 g/mol. The molecule has 2 amide bonds. The minimum Gasteiger partial charge on any atom is -0.343 e. The number of amides is 2. The molecule has 0 saturated carbocycles. The molecule has 0 radical (unpaired) electrons. The van der Waals surface area contributed by atoms with Crippen molar-refractivity contribution in [3.63, 3.8) is 0 Å². The Bertz CT molecular complexity index is 960. The van der Waals surface area contributed by atoms with Crippen LogP contribution in [-0.2, 0) is 16.0 Å². The van der Waals surface area contributed by atoms with Crippen molar-refractivity contribution < 1.29 is 9.59 Å². The maximum atomic E-state index is 13.7. The predicted molar refractivity (Wildman–Crippen MR) is 127 cm³/mol. The van der Waals surface area contributed by atoms with Crippen molar-refractivity contribution in [1.29, 1.82) is 0 Å². The van der Waals surface area contributed by atoms with Crippen LogP contribution in [0.15, 0.2) is 91.0 Å². The Balaban J connectivity index is 1.61. The largest absolute Gasteiger partial charge is 0.343 e. The zero-order valence-corrected chi connectivity index (χ0v) is 18.3. The lowest BCUT2D eigenvalue weighted by Gasteiger charge is -2.31. The van der Waals surface area contributed by atoms with Crippen LogP contribution in [0.1, 0.15) is 41.9 Å². The van der Waals surface area contributed by atoms with E-state index in [9.17, 15) is 9.59 Å². The Kier molecular flexibility index (Phi) is 7.34. The number of benzene rings is 3. The minimum absolute atomic E-state index is 0.0155. The number of nitrogens with one attached hydrogen (secondary N) is 1. The van der Waals surface area contributed by atoms with Gasteiger partial charge >= 0.3 is 0 Å². The zero-order chi connectivity index (χ0) is 22.2. The molecule has 0 spiro atoms. The van der Waals surface area contributed by atoms with Gasteiger partial charge in [0.1, 0.15) is 6.04 Å². The lowest BCUT2D eigenvalue weighted by molar-refractivity contribution is -0.137. The van der Waals surface area contributed by atoms with Crippen LogP contribution >= 0.6 is 0 Å². The van der Waals surface area contributed by atoms with Crippen molar-refractivity contribution in [1.82, 2.24) is 10.2 Å². The highest BCUT2D eigenvalue weighted by atomic mass is 16.2. The molecular formula is C28H30N2O2. The van der Waals surface area contributed by atoms with Gasteiger partial charge in [-0.15, -0.1) is 0 Å². The van der Waals surface area contributed by atoms with Gasteiger partial charge in [-0.2, -0.15) is 0 Å². The zero-order valence-electron chi connectivity index (χ0n) is 18.3. The van der Waals surface area contributed by atoms with E-state index in [-0.39, 0.29) is 11.8 Å². The maximum absolute atomic E-state index is 13.7. The van der Waals surface area contributed by atoms with Gasteiger partial charge in [0.25, 0.3) is 0 Å². The first-order valence-corrected chi connectivity index (χ1v) is 11.5. The van der Waals surface area contributed by atoms with Gasteiger partial charge in [-0.1, -0.05) is 91.0 Å². The number of carbonyl (C=O) groups excluding carboxylic acids is 2. The van der Waals surface area contributed by atoms with E-state index in [1.807, 2.05) is 95.9 Å². The fourth-order valence-electron chi connectivity index (χ4n) is 4.43. The number of carbonyl (C=O) groups is 2. The van der Waals surface area contributed by atoms with Gasteiger partial charge in [0.2, 0.25) is 11.8 Å². The van der Waals surface area contributed by atoms with Gasteiger partial charge in [-0.05, 0) is 36.0 Å². The molecule has 1 aliphatic heterocycles. The summed E-state index contributed by atoms with van der Waals surface area (Å²) >= 11 is 0. The Hall–Kier alpha value is -3.40. The first-order valence-electron chi connectivity index (χ1n) is 11.5. The SMILES string of the molecule is O=C(N[C@@H](Cc1ccccc1)C(=O)N1CCCCC1)C(c1ccccc1)c1ccccc1. The highest BCUT2D eigenvalue weighted by Crippen LogP contribution is 2.25. The van der Waals surface area contributed by atoms with Gasteiger partial charge in [-0.25, -0.2) is 0 Å². The maximum Gasteiger partial charge on any atom is 0.245 e. The Morgan fingerprint density at radius 2 is 1.22 bits per heavy atom. The van der Waals surface area contributed by atoms with Gasteiger partial charge < -0.3 is 10.2 Å². The molecule has 4 rings (SSSR count). The van der Waals surface area contributed by atoms with Crippen LogP contribution in [0.25, 0.3) is 0 Å². The van der Waals surface area contributed by atoms with E-state index in [4.69, 9.17) is 0 Å². The molecule has 3 aromatic rings. The van der Waals surface area contributed by atoms with Gasteiger partial charge in [0, 0.05) is 19.5 Å². The van der Waals surface area contributed by atoms with Crippen molar-refractivity contribution in [3.05, 3.63) is 108 Å². The van der Waals surface area contributed by atoms with E-state index in [2.05, 4.69) is 5.32 Å². The summed E-state index contributed by atoms with van der Waals surface area (Å²) in [6.07, 6.45) is 3.69. The van der Waals surface area contributed by atoms with Crippen molar-refractivity contribution in [2.24, 2.45) is 0 Å². The molecule has 1 fully saturated rings. The molecule has 4 heteroatoms. The summed E-state index contributed by atoms with van der Waals surface area (Å²) < 4.78 is 0. The van der Waals surface area contributed by atoms with Crippen molar-refractivity contribution in [3.8, 4) is 0 Å². The van der Waals surface area contributed by atoms with Gasteiger partial charge in [0.15, 0.2) is 0 Å². The van der Waals surface area contributed by atoms with Crippen LogP contribution in [0.3, 0.4) is 0 Å². The third-order valence-corrected chi connectivity index (χ3v) is 6.09. The number of rotatable bonds is 7. The molecule has 4 nitrogen and oxygen atoms in total. The second-order valence-corrected chi connectivity index (χ2v) is 8.39. The summed E-state index contributed by atoms with van der Waals surface area (Å²) in [5.74, 6) is -0.597. The normalized spacial score (nSPS) is 14.7. The molecule has 32 heavy (non-hydrogen) atoms. The van der Waals surface area contributed by atoms with Crippen molar-refractivity contribution in [2.75, 3.05) is 13.1 Å². The summed E-state index contributed by atoms with van der Waals surface area (Å²) in [7, 11) is 0. The molecule has 0 unspecified atom stereocenters. The number of hydrogen-bond acceptors (Lipinski definition) is 2. The molecule has 164 valence electrons. The molecule has 0 bridgehead atoms. The quantitative estimate of drug-likeness (QED) is 0.602. The Morgan fingerprint density at radius 1 is 0.719 bits per heavy atom. The van der Waals surface area contributed by atoms with Crippen LogP contribution < -0.4 is 5.32 Å². The van der Waals surface area contributed by atoms with Crippen LogP contribution in [0.2, 0.25) is 0 Å². The molecule has 0 aliphatic carbocycles. The second-order valence-electron chi connectivity index (χ2n) is 8.39. The molecule has 1 heterocycles. The van der Waals surface area contributed by atoms with E-state index in [0.29, 0.717) is 6.42 Å². The van der Waals surface area contributed by atoms with Gasteiger partial charge in [-0.3, -0.25) is 9.59 Å². The van der Waals surface area contributed by atoms with E-state index < -0.39 is 12.0 Å². The molecule has 1 aliphatic rings. The monoisotopic (exact) mass is 426 g/mol. The predicted octanol–water partition coefficient (Wildman–Crippen LogP) is 4.56. The lowest BCUT2D eigenvalue weighted by Crippen LogP contribution is -2.52. The fraction of sp³-hybridized carbons (Fsp3) is 0.286. The molecule has 0 aromatic heterocycles. The minimum atomic E-state index is -0.585. The van der Waals surface area contributed by atoms with E-state index in [1.165, 1.54) is 0 Å². The molecule has 1 saturated heterocycles. The number of likely N-dealkylation sites (tertiary alicyclic amines) is 1. The lowest BCUT2D eigenvalue weighted by atomic mass is 9.90. The topological polar surface area (TPSA) is 49.4 Å². The summed E-state index contributed by atoms with van der Waals surface area (Å²) in [6, 6.07) is 28.9.